The van der Waals surface area contributed by atoms with E-state index in [-0.39, 0.29) is 22.6 Å². The van der Waals surface area contributed by atoms with Crippen molar-refractivity contribution >= 4 is 39.7 Å². The zero-order chi connectivity index (χ0) is 26.1. The number of fused-ring (bicyclic) bond motifs is 1. The van der Waals surface area contributed by atoms with Gasteiger partial charge in [0.1, 0.15) is 5.00 Å². The van der Waals surface area contributed by atoms with Crippen molar-refractivity contribution in [1.29, 1.82) is 0 Å². The number of hydrogen-bond donors (Lipinski definition) is 2. The van der Waals surface area contributed by atoms with E-state index in [1.54, 1.807) is 6.07 Å². The molecule has 1 atom stereocenters. The number of rotatable bonds is 6. The quantitative estimate of drug-likeness (QED) is 0.376. The fourth-order valence-corrected chi connectivity index (χ4v) is 5.18. The number of alkyl halides is 2. The standard InChI is InChI=1S/C25H21F2N7O3S/c26-19(27)23-30-18(24(38-23)34-10-12-36-13-11-34)22-32-33-25(37-22)31-20-21(35)28-16-9-5-4-8-15(16)17(29-20)14-6-2-1-3-7-14/h1-9,19-20H,10-13H2,(H,28,35)(H,31,33)/t20-/m1/s1. The molecule has 194 valence electrons. The second kappa shape index (κ2) is 10.3. The Morgan fingerprint density at radius 2 is 1.82 bits per heavy atom. The third-order valence-corrected chi connectivity index (χ3v) is 7.12. The molecule has 6 rings (SSSR count). The number of aliphatic imine (C=N–C) groups is 1. The van der Waals surface area contributed by atoms with E-state index in [2.05, 4.69) is 25.8 Å². The minimum Gasteiger partial charge on any atom is -0.402 e. The predicted molar refractivity (Wildman–Crippen MR) is 138 cm³/mol. The first-order valence-electron chi connectivity index (χ1n) is 11.8. The van der Waals surface area contributed by atoms with Gasteiger partial charge in [0.2, 0.25) is 6.17 Å². The highest BCUT2D eigenvalue weighted by Crippen LogP contribution is 2.39. The Morgan fingerprint density at radius 3 is 2.61 bits per heavy atom. The molecule has 0 spiro atoms. The van der Waals surface area contributed by atoms with E-state index in [9.17, 15) is 13.6 Å². The van der Waals surface area contributed by atoms with Gasteiger partial charge in [-0.05, 0) is 6.07 Å². The summed E-state index contributed by atoms with van der Waals surface area (Å²) in [6, 6.07) is 16.8. The highest BCUT2D eigenvalue weighted by atomic mass is 32.1. The molecule has 0 radical (unpaired) electrons. The summed E-state index contributed by atoms with van der Waals surface area (Å²) in [4.78, 5) is 23.8. The van der Waals surface area contributed by atoms with Crippen molar-refractivity contribution in [2.45, 2.75) is 12.6 Å². The zero-order valence-electron chi connectivity index (χ0n) is 19.8. The number of nitrogens with one attached hydrogen (secondary N) is 2. The van der Waals surface area contributed by atoms with Crippen LogP contribution in [-0.4, -0.2) is 59.3 Å². The average molecular weight is 538 g/mol. The summed E-state index contributed by atoms with van der Waals surface area (Å²) in [5, 5.41) is 13.9. The molecule has 2 aliphatic heterocycles. The van der Waals surface area contributed by atoms with Crippen LogP contribution < -0.4 is 15.5 Å². The van der Waals surface area contributed by atoms with Crippen molar-refractivity contribution < 1.29 is 22.7 Å². The van der Waals surface area contributed by atoms with Crippen molar-refractivity contribution in [1.82, 2.24) is 15.2 Å². The summed E-state index contributed by atoms with van der Waals surface area (Å²) in [6.07, 6.45) is -3.84. The Morgan fingerprint density at radius 1 is 1.05 bits per heavy atom. The van der Waals surface area contributed by atoms with E-state index in [0.717, 1.165) is 22.5 Å². The Balaban J connectivity index is 1.32. The second-order valence-electron chi connectivity index (χ2n) is 8.44. The number of aromatic nitrogens is 3. The Labute approximate surface area is 219 Å². The lowest BCUT2D eigenvalue weighted by Gasteiger charge is -2.27. The van der Waals surface area contributed by atoms with Gasteiger partial charge in [0.25, 0.3) is 18.2 Å². The number of amides is 1. The Bertz CT molecular complexity index is 1490. The lowest BCUT2D eigenvalue weighted by Crippen LogP contribution is -2.36. The molecule has 0 bridgehead atoms. The number of anilines is 3. The van der Waals surface area contributed by atoms with Gasteiger partial charge < -0.3 is 24.7 Å². The molecular formula is C25H21F2N7O3S. The van der Waals surface area contributed by atoms with E-state index in [0.29, 0.717) is 42.7 Å². The Hall–Kier alpha value is -4.23. The third-order valence-electron chi connectivity index (χ3n) is 5.99. The summed E-state index contributed by atoms with van der Waals surface area (Å²) >= 11 is 0.883. The number of benzodiazepines with no additional fused rings is 1. The van der Waals surface area contributed by atoms with Crippen molar-refractivity contribution in [3.63, 3.8) is 0 Å². The minimum absolute atomic E-state index is 0.0401. The van der Waals surface area contributed by atoms with Crippen molar-refractivity contribution in [2.75, 3.05) is 41.8 Å². The van der Waals surface area contributed by atoms with Gasteiger partial charge in [0.05, 0.1) is 24.6 Å². The van der Waals surface area contributed by atoms with Crippen LogP contribution in [0.1, 0.15) is 22.6 Å². The second-order valence-corrected chi connectivity index (χ2v) is 9.45. The molecule has 10 nitrogen and oxygen atoms in total. The van der Waals surface area contributed by atoms with Crippen LogP contribution in [0.15, 0.2) is 64.0 Å². The number of morpholine rings is 1. The molecule has 38 heavy (non-hydrogen) atoms. The number of thiazole rings is 1. The molecule has 1 fully saturated rings. The van der Waals surface area contributed by atoms with Gasteiger partial charge in [0, 0.05) is 24.2 Å². The van der Waals surface area contributed by atoms with Crippen molar-refractivity contribution in [3.8, 4) is 11.6 Å². The number of carbonyl (C=O) groups is 1. The smallest absolute Gasteiger partial charge is 0.317 e. The number of nitrogens with zero attached hydrogens (tertiary/aromatic N) is 5. The van der Waals surface area contributed by atoms with Crippen LogP contribution in [0.4, 0.5) is 25.5 Å². The van der Waals surface area contributed by atoms with Crippen LogP contribution in [0.2, 0.25) is 0 Å². The van der Waals surface area contributed by atoms with Crippen LogP contribution in [0, 0.1) is 0 Å². The van der Waals surface area contributed by atoms with Crippen LogP contribution in [0.5, 0.6) is 0 Å². The molecule has 1 saturated heterocycles. The highest BCUT2D eigenvalue weighted by Gasteiger charge is 2.30. The van der Waals surface area contributed by atoms with E-state index in [4.69, 9.17) is 14.1 Å². The van der Waals surface area contributed by atoms with Crippen molar-refractivity contribution in [3.05, 3.63) is 70.7 Å². The van der Waals surface area contributed by atoms with E-state index in [1.165, 1.54) is 0 Å². The van der Waals surface area contributed by atoms with Gasteiger partial charge in [-0.1, -0.05) is 65.0 Å². The van der Waals surface area contributed by atoms with Crippen LogP contribution in [-0.2, 0) is 9.53 Å². The molecule has 13 heteroatoms. The number of benzene rings is 2. The van der Waals surface area contributed by atoms with Gasteiger partial charge in [0.15, 0.2) is 10.7 Å². The van der Waals surface area contributed by atoms with Crippen LogP contribution >= 0.6 is 11.3 Å². The summed E-state index contributed by atoms with van der Waals surface area (Å²) < 4.78 is 38.1. The number of hydrogen-bond acceptors (Lipinski definition) is 10. The van der Waals surface area contributed by atoms with E-state index in [1.807, 2.05) is 53.4 Å². The highest BCUT2D eigenvalue weighted by molar-refractivity contribution is 7.16. The molecule has 4 heterocycles. The normalized spacial score (nSPS) is 17.6. The first-order valence-corrected chi connectivity index (χ1v) is 12.6. The minimum atomic E-state index is -2.74. The molecule has 0 unspecified atom stereocenters. The topological polar surface area (TPSA) is 118 Å². The maximum atomic E-state index is 13.5. The SMILES string of the molecule is O=C1Nc2ccccc2C(c2ccccc2)=N[C@@H]1Nc1nnc(-c2nc(C(F)F)sc2N2CCOCC2)o1. The van der Waals surface area contributed by atoms with Gasteiger partial charge >= 0.3 is 6.01 Å². The first-order chi connectivity index (χ1) is 18.6. The number of carbonyl (C=O) groups excluding carboxylic acids is 1. The molecule has 1 amide bonds. The van der Waals surface area contributed by atoms with Gasteiger partial charge in [-0.3, -0.25) is 4.79 Å². The molecule has 2 aromatic heterocycles. The predicted octanol–water partition coefficient (Wildman–Crippen LogP) is 4.20. The van der Waals surface area contributed by atoms with Gasteiger partial charge in [-0.2, -0.15) is 0 Å². The summed E-state index contributed by atoms with van der Waals surface area (Å²) in [7, 11) is 0. The van der Waals surface area contributed by atoms with Crippen LogP contribution in [0.3, 0.4) is 0 Å². The Kier molecular flexibility index (Phi) is 6.52. The fraction of sp³-hybridized carbons (Fsp3) is 0.240. The maximum Gasteiger partial charge on any atom is 0.317 e. The van der Waals surface area contributed by atoms with Crippen LogP contribution in [0.25, 0.3) is 11.6 Å². The lowest BCUT2D eigenvalue weighted by atomic mass is 10.0. The molecule has 4 aromatic rings. The maximum absolute atomic E-state index is 13.5. The monoisotopic (exact) mass is 537 g/mol. The summed E-state index contributed by atoms with van der Waals surface area (Å²) in [6.45, 7) is 1.99. The fourth-order valence-electron chi connectivity index (χ4n) is 4.22. The van der Waals surface area contributed by atoms with Gasteiger partial charge in [-0.25, -0.2) is 18.8 Å². The van der Waals surface area contributed by atoms with Gasteiger partial charge in [-0.15, -0.1) is 5.10 Å². The molecule has 2 aromatic carbocycles. The average Bonchev–Trinajstić information content (AvgIpc) is 3.57. The van der Waals surface area contributed by atoms with E-state index >= 15 is 0 Å². The summed E-state index contributed by atoms with van der Waals surface area (Å²) in [5.41, 5.74) is 2.98. The van der Waals surface area contributed by atoms with Crippen molar-refractivity contribution in [2.24, 2.45) is 4.99 Å². The molecule has 2 aliphatic rings. The molecular weight excluding hydrogens is 516 g/mol. The number of para-hydroxylation sites is 1. The number of ether oxygens (including phenoxy) is 1. The molecule has 2 N–H and O–H groups in total. The zero-order valence-corrected chi connectivity index (χ0v) is 20.6. The molecule has 0 saturated carbocycles. The lowest BCUT2D eigenvalue weighted by molar-refractivity contribution is -0.116. The largest absolute Gasteiger partial charge is 0.402 e. The van der Waals surface area contributed by atoms with E-state index < -0.39 is 18.5 Å². The third kappa shape index (κ3) is 4.73. The summed E-state index contributed by atoms with van der Waals surface area (Å²) in [5.74, 6) is -0.465. The number of halogens is 2. The molecule has 0 aliphatic carbocycles. The first kappa shape index (κ1) is 24.1.